The fourth-order valence-electron chi connectivity index (χ4n) is 1.84. The number of ketones is 1. The molecule has 25 heavy (non-hydrogen) atoms. The number of nitrogens with zero attached hydrogens (tertiary/aromatic N) is 2. The van der Waals surface area contributed by atoms with E-state index in [0.29, 0.717) is 11.3 Å². The molecular formula is C17H17Cl2N3O3. The van der Waals surface area contributed by atoms with Crippen LogP contribution >= 0.6 is 23.2 Å². The molecule has 1 N–H and O–H groups in total. The molecule has 0 unspecified atom stereocenters. The maximum absolute atomic E-state index is 12.3. The van der Waals surface area contributed by atoms with Crippen LogP contribution in [0.5, 0.6) is 0 Å². The summed E-state index contributed by atoms with van der Waals surface area (Å²) in [6.07, 6.45) is 1.21. The van der Waals surface area contributed by atoms with Crippen LogP contribution in [0.25, 0.3) is 0 Å². The van der Waals surface area contributed by atoms with Crippen molar-refractivity contribution < 1.29 is 9.59 Å². The van der Waals surface area contributed by atoms with Gasteiger partial charge in [-0.1, -0.05) is 44.0 Å². The number of hydrogen-bond donors (Lipinski definition) is 1. The molecule has 1 heterocycles. The maximum atomic E-state index is 12.3. The molecule has 0 aliphatic carbocycles. The Labute approximate surface area is 154 Å². The highest BCUT2D eigenvalue weighted by molar-refractivity contribution is 6.41. The van der Waals surface area contributed by atoms with E-state index in [1.165, 1.54) is 6.20 Å². The van der Waals surface area contributed by atoms with Gasteiger partial charge in [0, 0.05) is 16.7 Å². The first-order valence-corrected chi connectivity index (χ1v) is 8.21. The van der Waals surface area contributed by atoms with Crippen molar-refractivity contribution in [2.24, 2.45) is 5.41 Å². The van der Waals surface area contributed by atoms with E-state index in [0.717, 1.165) is 4.68 Å². The van der Waals surface area contributed by atoms with Gasteiger partial charge in [0.2, 0.25) is 5.91 Å². The average molecular weight is 382 g/mol. The Hall–Kier alpha value is -2.18. The molecule has 1 aromatic carbocycles. The number of carbonyl (C=O) groups excluding carboxylic acids is 2. The van der Waals surface area contributed by atoms with Crippen LogP contribution < -0.4 is 10.9 Å². The summed E-state index contributed by atoms with van der Waals surface area (Å²) in [5.74, 6) is -0.445. The molecule has 0 bridgehead atoms. The first-order valence-electron chi connectivity index (χ1n) is 7.45. The van der Waals surface area contributed by atoms with Gasteiger partial charge in [-0.2, -0.15) is 5.10 Å². The molecule has 0 saturated carbocycles. The molecule has 0 atom stereocenters. The van der Waals surface area contributed by atoms with Gasteiger partial charge in [0.15, 0.2) is 5.78 Å². The predicted octanol–water partition coefficient (Wildman–Crippen LogP) is 3.42. The van der Waals surface area contributed by atoms with Gasteiger partial charge in [-0.25, -0.2) is 4.68 Å². The van der Waals surface area contributed by atoms with Crippen LogP contribution in [0.1, 0.15) is 31.1 Å². The van der Waals surface area contributed by atoms with Crippen molar-refractivity contribution >= 4 is 40.6 Å². The van der Waals surface area contributed by atoms with Gasteiger partial charge in [0.1, 0.15) is 11.6 Å². The summed E-state index contributed by atoms with van der Waals surface area (Å²) in [5, 5.41) is 6.43. The minimum atomic E-state index is -0.628. The Kier molecular flexibility index (Phi) is 5.65. The lowest BCUT2D eigenvalue weighted by molar-refractivity contribution is -0.123. The molecule has 2 aromatic rings. The molecule has 0 fully saturated rings. The fraction of sp³-hybridized carbons (Fsp3) is 0.294. The third-order valence-electron chi connectivity index (χ3n) is 3.38. The van der Waals surface area contributed by atoms with Crippen molar-refractivity contribution in [2.75, 3.05) is 5.32 Å². The number of benzene rings is 1. The molecule has 0 spiro atoms. The van der Waals surface area contributed by atoms with Crippen molar-refractivity contribution in [1.29, 1.82) is 0 Å². The summed E-state index contributed by atoms with van der Waals surface area (Å²) in [6.45, 7) is 5.16. The van der Waals surface area contributed by atoms with Gasteiger partial charge in [-0.05, 0) is 24.3 Å². The lowest BCUT2D eigenvalue weighted by Crippen LogP contribution is -2.28. The van der Waals surface area contributed by atoms with Crippen molar-refractivity contribution in [3.8, 4) is 0 Å². The Morgan fingerprint density at radius 2 is 1.76 bits per heavy atom. The zero-order valence-corrected chi connectivity index (χ0v) is 15.5. The van der Waals surface area contributed by atoms with E-state index in [1.807, 2.05) is 20.8 Å². The van der Waals surface area contributed by atoms with E-state index in [9.17, 15) is 14.4 Å². The lowest BCUT2D eigenvalue weighted by atomic mass is 9.95. The quantitative estimate of drug-likeness (QED) is 0.822. The zero-order chi connectivity index (χ0) is 18.8. The Morgan fingerprint density at radius 3 is 2.32 bits per heavy atom. The second-order valence-corrected chi connectivity index (χ2v) is 7.26. The number of anilines is 1. The average Bonchev–Trinajstić information content (AvgIpc) is 2.55. The van der Waals surface area contributed by atoms with Crippen LogP contribution in [0, 0.1) is 5.41 Å². The summed E-state index contributed by atoms with van der Waals surface area (Å²) in [5.41, 5.74) is -0.179. The Morgan fingerprint density at radius 1 is 1.16 bits per heavy atom. The van der Waals surface area contributed by atoms with Crippen molar-refractivity contribution in [3.63, 3.8) is 0 Å². The van der Waals surface area contributed by atoms with E-state index in [2.05, 4.69) is 10.4 Å². The van der Waals surface area contributed by atoms with Gasteiger partial charge in [-0.3, -0.25) is 14.4 Å². The van der Waals surface area contributed by atoms with E-state index in [4.69, 9.17) is 23.2 Å². The van der Waals surface area contributed by atoms with Crippen molar-refractivity contribution in [2.45, 2.75) is 27.3 Å². The SMILES string of the molecule is CC(C)(C)C(=O)Nc1ccc(C(=O)Cn2ncc(Cl)c(Cl)c2=O)cc1. The molecule has 2 rings (SSSR count). The highest BCUT2D eigenvalue weighted by Gasteiger charge is 2.21. The molecule has 1 amide bonds. The smallest absolute Gasteiger partial charge is 0.287 e. The van der Waals surface area contributed by atoms with Crippen LogP contribution in [0.15, 0.2) is 35.3 Å². The van der Waals surface area contributed by atoms with Crippen LogP contribution in [0.3, 0.4) is 0 Å². The van der Waals surface area contributed by atoms with Crippen LogP contribution in [-0.2, 0) is 11.3 Å². The number of rotatable bonds is 4. The number of nitrogens with one attached hydrogen (secondary N) is 1. The molecule has 0 aliphatic rings. The first kappa shape index (κ1) is 19.1. The van der Waals surface area contributed by atoms with E-state index >= 15 is 0 Å². The van der Waals surface area contributed by atoms with Gasteiger partial charge >= 0.3 is 0 Å². The third-order valence-corrected chi connectivity index (χ3v) is 4.13. The Balaban J connectivity index is 2.12. The van der Waals surface area contributed by atoms with Gasteiger partial charge in [0.25, 0.3) is 5.56 Å². The fourth-order valence-corrected chi connectivity index (χ4v) is 2.11. The number of carbonyl (C=O) groups is 2. The summed E-state index contributed by atoms with van der Waals surface area (Å²) < 4.78 is 0.950. The molecule has 6 nitrogen and oxygen atoms in total. The second-order valence-electron chi connectivity index (χ2n) is 6.47. The topological polar surface area (TPSA) is 81.1 Å². The van der Waals surface area contributed by atoms with Crippen LogP contribution in [0.4, 0.5) is 5.69 Å². The molecule has 1 aromatic heterocycles. The molecule has 0 aliphatic heterocycles. The Bertz CT molecular complexity index is 868. The minimum Gasteiger partial charge on any atom is -0.326 e. The second kappa shape index (κ2) is 7.37. The lowest BCUT2D eigenvalue weighted by Gasteiger charge is -2.17. The van der Waals surface area contributed by atoms with Crippen molar-refractivity contribution in [3.05, 3.63) is 56.4 Å². The van der Waals surface area contributed by atoms with E-state index < -0.39 is 11.0 Å². The van der Waals surface area contributed by atoms with Gasteiger partial charge in [-0.15, -0.1) is 0 Å². The minimum absolute atomic E-state index is 0.0364. The summed E-state index contributed by atoms with van der Waals surface area (Å²) >= 11 is 11.5. The number of hydrogen-bond acceptors (Lipinski definition) is 4. The zero-order valence-electron chi connectivity index (χ0n) is 14.0. The summed E-state index contributed by atoms with van der Waals surface area (Å²) in [6, 6.07) is 6.40. The molecule has 0 radical (unpaired) electrons. The van der Waals surface area contributed by atoms with Gasteiger partial charge in [0.05, 0.1) is 11.2 Å². The molecule has 8 heteroatoms. The number of Topliss-reactive ketones (excluding diaryl/α,β-unsaturated/α-hetero) is 1. The van der Waals surface area contributed by atoms with Crippen molar-refractivity contribution in [1.82, 2.24) is 9.78 Å². The molecule has 0 saturated heterocycles. The highest BCUT2D eigenvalue weighted by Crippen LogP contribution is 2.18. The normalized spacial score (nSPS) is 11.2. The highest BCUT2D eigenvalue weighted by atomic mass is 35.5. The monoisotopic (exact) mass is 381 g/mol. The molecule has 132 valence electrons. The first-order chi connectivity index (χ1) is 11.6. The van der Waals surface area contributed by atoms with Crippen LogP contribution in [0.2, 0.25) is 10.0 Å². The number of halogens is 2. The number of amides is 1. The third kappa shape index (κ3) is 4.67. The standard InChI is InChI=1S/C17H17Cl2N3O3/c1-17(2,3)16(25)21-11-6-4-10(5-7-11)13(23)9-22-15(24)14(19)12(18)8-20-22/h4-8H,9H2,1-3H3,(H,21,25). The predicted molar refractivity (Wildman–Crippen MR) is 97.4 cm³/mol. The summed E-state index contributed by atoms with van der Waals surface area (Å²) in [7, 11) is 0. The number of aromatic nitrogens is 2. The van der Waals surface area contributed by atoms with Gasteiger partial charge < -0.3 is 5.32 Å². The van der Waals surface area contributed by atoms with E-state index in [1.54, 1.807) is 24.3 Å². The van der Waals surface area contributed by atoms with Crippen LogP contribution in [-0.4, -0.2) is 21.5 Å². The maximum Gasteiger partial charge on any atom is 0.287 e. The summed E-state index contributed by atoms with van der Waals surface area (Å²) in [4.78, 5) is 36.1. The van der Waals surface area contributed by atoms with E-state index in [-0.39, 0.29) is 28.3 Å². The molecular weight excluding hydrogens is 365 g/mol. The largest absolute Gasteiger partial charge is 0.326 e.